The highest BCUT2D eigenvalue weighted by atomic mass is 35.5. The predicted octanol–water partition coefficient (Wildman–Crippen LogP) is 3.11. The van der Waals surface area contributed by atoms with Crippen LogP contribution in [0.3, 0.4) is 0 Å². The van der Waals surface area contributed by atoms with Crippen LogP contribution in [-0.2, 0) is 18.2 Å². The molecule has 1 aromatic heterocycles. The van der Waals surface area contributed by atoms with Gasteiger partial charge in [0.2, 0.25) is 0 Å². The van der Waals surface area contributed by atoms with Crippen LogP contribution in [0.2, 0.25) is 5.15 Å². The summed E-state index contributed by atoms with van der Waals surface area (Å²) in [4.78, 5) is 0. The molecule has 1 unspecified atom stereocenters. The number of hydrogen-bond donors (Lipinski definition) is 1. The normalized spacial score (nSPS) is 23.5. The number of rotatable bonds is 4. The van der Waals surface area contributed by atoms with Crippen molar-refractivity contribution in [2.75, 3.05) is 19.8 Å². The smallest absolute Gasteiger partial charge is 0.130 e. The number of aromatic nitrogens is 2. The first-order valence-electron chi connectivity index (χ1n) is 7.73. The van der Waals surface area contributed by atoms with Crippen molar-refractivity contribution in [3.63, 3.8) is 0 Å². The fraction of sp³-hybridized carbons (Fsp3) is 0.812. The Hall–Kier alpha value is -0.580. The van der Waals surface area contributed by atoms with Gasteiger partial charge in [0, 0.05) is 36.7 Å². The van der Waals surface area contributed by atoms with Crippen LogP contribution in [0.25, 0.3) is 0 Å². The second kappa shape index (κ2) is 6.27. The van der Waals surface area contributed by atoms with Crippen LogP contribution in [0.15, 0.2) is 0 Å². The van der Waals surface area contributed by atoms with Gasteiger partial charge in [-0.05, 0) is 47.0 Å². The summed E-state index contributed by atoms with van der Waals surface area (Å²) in [5.41, 5.74) is 2.42. The SMILES string of the molecule is Cc1nn(C)c(Cl)c1CC1(CNC(C)(C)C)CCCOC1. The van der Waals surface area contributed by atoms with Crippen LogP contribution in [0.5, 0.6) is 0 Å². The van der Waals surface area contributed by atoms with Crippen LogP contribution < -0.4 is 5.32 Å². The van der Waals surface area contributed by atoms with E-state index in [9.17, 15) is 0 Å². The Labute approximate surface area is 133 Å². The molecule has 0 bridgehead atoms. The quantitative estimate of drug-likeness (QED) is 0.928. The summed E-state index contributed by atoms with van der Waals surface area (Å²) in [6.45, 7) is 11.3. The maximum Gasteiger partial charge on any atom is 0.130 e. The molecule has 2 heterocycles. The summed E-state index contributed by atoms with van der Waals surface area (Å²) in [7, 11) is 1.90. The van der Waals surface area contributed by atoms with Crippen LogP contribution in [-0.4, -0.2) is 35.1 Å². The minimum absolute atomic E-state index is 0.109. The van der Waals surface area contributed by atoms with Crippen molar-refractivity contribution >= 4 is 11.6 Å². The standard InChI is InChI=1S/C16H28ClN3O/c1-12-13(14(17)20(5)19-12)9-16(7-6-8-21-11-16)10-18-15(2,3)4/h18H,6-11H2,1-5H3. The number of ether oxygens (including phenoxy) is 1. The van der Waals surface area contributed by atoms with Gasteiger partial charge in [-0.1, -0.05) is 11.6 Å². The van der Waals surface area contributed by atoms with E-state index in [-0.39, 0.29) is 11.0 Å². The molecule has 5 heteroatoms. The monoisotopic (exact) mass is 313 g/mol. The van der Waals surface area contributed by atoms with Gasteiger partial charge in [-0.25, -0.2) is 0 Å². The number of aryl methyl sites for hydroxylation is 2. The van der Waals surface area contributed by atoms with E-state index < -0.39 is 0 Å². The second-order valence-electron chi connectivity index (χ2n) is 7.41. The lowest BCUT2D eigenvalue weighted by Crippen LogP contribution is -2.48. The third-order valence-electron chi connectivity index (χ3n) is 4.22. The zero-order valence-electron chi connectivity index (χ0n) is 13.9. The maximum atomic E-state index is 6.42. The van der Waals surface area contributed by atoms with Gasteiger partial charge in [0.15, 0.2) is 0 Å². The van der Waals surface area contributed by atoms with E-state index in [2.05, 4.69) is 31.2 Å². The minimum atomic E-state index is 0.109. The number of nitrogens with one attached hydrogen (secondary N) is 1. The summed E-state index contributed by atoms with van der Waals surface area (Å²) in [5, 5.41) is 8.85. The van der Waals surface area contributed by atoms with E-state index in [1.807, 2.05) is 14.0 Å². The molecular weight excluding hydrogens is 286 g/mol. The van der Waals surface area contributed by atoms with Crippen molar-refractivity contribution in [2.45, 2.75) is 52.5 Å². The van der Waals surface area contributed by atoms with Crippen molar-refractivity contribution < 1.29 is 4.74 Å². The molecule has 4 nitrogen and oxygen atoms in total. The Morgan fingerprint density at radius 1 is 1.43 bits per heavy atom. The molecule has 0 amide bonds. The van der Waals surface area contributed by atoms with Gasteiger partial charge in [-0.3, -0.25) is 4.68 Å². The molecule has 120 valence electrons. The van der Waals surface area contributed by atoms with Crippen molar-refractivity contribution in [1.82, 2.24) is 15.1 Å². The number of hydrogen-bond acceptors (Lipinski definition) is 3. The topological polar surface area (TPSA) is 39.1 Å². The maximum absolute atomic E-state index is 6.42. The fourth-order valence-corrected chi connectivity index (χ4v) is 3.20. The largest absolute Gasteiger partial charge is 0.381 e. The van der Waals surface area contributed by atoms with Crippen LogP contribution in [0.4, 0.5) is 0 Å². The van der Waals surface area contributed by atoms with Gasteiger partial charge >= 0.3 is 0 Å². The average Bonchev–Trinajstić information content (AvgIpc) is 2.64. The van der Waals surface area contributed by atoms with Gasteiger partial charge in [-0.2, -0.15) is 5.10 Å². The van der Waals surface area contributed by atoms with E-state index >= 15 is 0 Å². The molecule has 2 rings (SSSR count). The Kier molecular flexibility index (Phi) is 5.01. The van der Waals surface area contributed by atoms with Gasteiger partial charge in [-0.15, -0.1) is 0 Å². The fourth-order valence-electron chi connectivity index (χ4n) is 2.95. The molecule has 1 aliphatic heterocycles. The Balaban J connectivity index is 2.19. The Bertz CT molecular complexity index is 484. The summed E-state index contributed by atoms with van der Waals surface area (Å²) in [5.74, 6) is 0. The predicted molar refractivity (Wildman–Crippen MR) is 86.9 cm³/mol. The third kappa shape index (κ3) is 4.21. The molecule has 1 aromatic rings. The third-order valence-corrected chi connectivity index (χ3v) is 4.69. The molecule has 0 radical (unpaired) electrons. The number of nitrogens with zero attached hydrogens (tertiary/aromatic N) is 2. The van der Waals surface area contributed by atoms with Crippen molar-refractivity contribution in [3.8, 4) is 0 Å². The highest BCUT2D eigenvalue weighted by molar-refractivity contribution is 6.30. The summed E-state index contributed by atoms with van der Waals surface area (Å²) >= 11 is 6.42. The molecule has 0 saturated carbocycles. The van der Waals surface area contributed by atoms with E-state index in [4.69, 9.17) is 16.3 Å². The molecule has 0 spiro atoms. The first-order valence-corrected chi connectivity index (χ1v) is 8.11. The molecule has 21 heavy (non-hydrogen) atoms. The first-order chi connectivity index (χ1) is 9.72. The average molecular weight is 314 g/mol. The minimum Gasteiger partial charge on any atom is -0.381 e. The zero-order valence-corrected chi connectivity index (χ0v) is 14.7. The van der Waals surface area contributed by atoms with Crippen LogP contribution in [0.1, 0.15) is 44.9 Å². The lowest BCUT2D eigenvalue weighted by Gasteiger charge is -2.39. The molecule has 1 fully saturated rings. The van der Waals surface area contributed by atoms with E-state index in [0.717, 1.165) is 43.4 Å². The molecule has 1 N–H and O–H groups in total. The van der Waals surface area contributed by atoms with Crippen LogP contribution >= 0.6 is 11.6 Å². The highest BCUT2D eigenvalue weighted by Gasteiger charge is 2.35. The lowest BCUT2D eigenvalue weighted by atomic mass is 9.76. The van der Waals surface area contributed by atoms with Crippen LogP contribution in [0, 0.1) is 12.3 Å². The first kappa shape index (κ1) is 16.8. The van der Waals surface area contributed by atoms with Gasteiger partial charge in [0.05, 0.1) is 12.3 Å². The Morgan fingerprint density at radius 2 is 2.14 bits per heavy atom. The van der Waals surface area contributed by atoms with Crippen molar-refractivity contribution in [3.05, 3.63) is 16.4 Å². The summed E-state index contributed by atoms with van der Waals surface area (Å²) in [6, 6.07) is 0. The second-order valence-corrected chi connectivity index (χ2v) is 7.77. The molecule has 0 aromatic carbocycles. The van der Waals surface area contributed by atoms with E-state index in [0.29, 0.717) is 0 Å². The van der Waals surface area contributed by atoms with E-state index in [1.54, 1.807) is 4.68 Å². The van der Waals surface area contributed by atoms with Gasteiger partial charge in [0.25, 0.3) is 0 Å². The molecule has 1 saturated heterocycles. The lowest BCUT2D eigenvalue weighted by molar-refractivity contribution is -0.00999. The summed E-state index contributed by atoms with van der Waals surface area (Å²) < 4.78 is 7.56. The van der Waals surface area contributed by atoms with Gasteiger partial charge < -0.3 is 10.1 Å². The Morgan fingerprint density at radius 3 is 2.62 bits per heavy atom. The number of halogens is 1. The molecule has 1 aliphatic rings. The summed E-state index contributed by atoms with van der Waals surface area (Å²) in [6.07, 6.45) is 3.21. The highest BCUT2D eigenvalue weighted by Crippen LogP contribution is 2.35. The van der Waals surface area contributed by atoms with Crippen molar-refractivity contribution in [1.29, 1.82) is 0 Å². The van der Waals surface area contributed by atoms with Crippen molar-refractivity contribution in [2.24, 2.45) is 12.5 Å². The molecular formula is C16H28ClN3O. The zero-order chi connectivity index (χ0) is 15.7. The molecule has 1 atom stereocenters. The van der Waals surface area contributed by atoms with Gasteiger partial charge in [0.1, 0.15) is 5.15 Å². The molecule has 0 aliphatic carbocycles. The van der Waals surface area contributed by atoms with E-state index in [1.165, 1.54) is 12.0 Å².